The zero-order chi connectivity index (χ0) is 19.4. The summed E-state index contributed by atoms with van der Waals surface area (Å²) in [4.78, 5) is 15.3. The van der Waals surface area contributed by atoms with Gasteiger partial charge in [0.05, 0.1) is 13.7 Å². The van der Waals surface area contributed by atoms with Crippen LogP contribution in [-0.4, -0.2) is 45.8 Å². The third kappa shape index (κ3) is 10.2. The maximum absolute atomic E-state index is 12.5. The second kappa shape index (κ2) is 14.2. The Bertz CT molecular complexity index is 604. The van der Waals surface area contributed by atoms with Gasteiger partial charge in [-0.2, -0.15) is 8.78 Å². The first-order valence-electron chi connectivity index (χ1n) is 8.22. The van der Waals surface area contributed by atoms with Crippen LogP contribution in [-0.2, 0) is 16.1 Å². The molecule has 0 spiro atoms. The van der Waals surface area contributed by atoms with Crippen molar-refractivity contribution in [3.05, 3.63) is 23.8 Å². The van der Waals surface area contributed by atoms with Gasteiger partial charge in [-0.25, -0.2) is 0 Å². The molecule has 0 unspecified atom stereocenters. The molecule has 0 saturated heterocycles. The fourth-order valence-electron chi connectivity index (χ4n) is 2.10. The quantitative estimate of drug-likeness (QED) is 0.169. The van der Waals surface area contributed by atoms with Gasteiger partial charge in [0.25, 0.3) is 0 Å². The first-order chi connectivity index (χ1) is 12.5. The van der Waals surface area contributed by atoms with Gasteiger partial charge in [-0.1, -0.05) is 0 Å². The zero-order valence-electron chi connectivity index (χ0n) is 15.6. The van der Waals surface area contributed by atoms with E-state index in [9.17, 15) is 13.6 Å². The molecule has 0 fully saturated rings. The number of aliphatic imine (C=N–C) groups is 1. The van der Waals surface area contributed by atoms with Crippen molar-refractivity contribution in [1.82, 2.24) is 10.6 Å². The number of benzene rings is 1. The van der Waals surface area contributed by atoms with Gasteiger partial charge in [0.1, 0.15) is 11.5 Å². The van der Waals surface area contributed by atoms with Gasteiger partial charge >= 0.3 is 12.6 Å². The number of nitrogens with one attached hydrogen (secondary N) is 2. The molecular weight excluding hydrogens is 475 g/mol. The molecule has 0 bridgehead atoms. The summed E-state index contributed by atoms with van der Waals surface area (Å²) in [5.74, 6) is 0.814. The molecular formula is C17H26F2IN3O4. The van der Waals surface area contributed by atoms with Crippen LogP contribution in [0.5, 0.6) is 11.5 Å². The fourth-order valence-corrected chi connectivity index (χ4v) is 2.10. The average Bonchev–Trinajstić information content (AvgIpc) is 2.62. The number of rotatable bonds is 10. The van der Waals surface area contributed by atoms with E-state index in [0.29, 0.717) is 43.3 Å². The Labute approximate surface area is 174 Å². The minimum atomic E-state index is -2.91. The van der Waals surface area contributed by atoms with E-state index in [0.717, 1.165) is 0 Å². The number of hydrogen-bond donors (Lipinski definition) is 2. The molecule has 2 N–H and O–H groups in total. The molecule has 1 aromatic carbocycles. The Morgan fingerprint density at radius 2 is 2.04 bits per heavy atom. The molecule has 1 rings (SSSR count). The number of methoxy groups -OCH3 is 1. The number of nitrogens with zero attached hydrogens (tertiary/aromatic N) is 1. The van der Waals surface area contributed by atoms with Crippen LogP contribution in [0.25, 0.3) is 0 Å². The standard InChI is InChI=1S/C17H25F2N3O4.HI/c1-4-25-15(23)6-5-9-21-17(20-2)22-11-12-10-13(24-3)7-8-14(12)26-16(18)19;/h7-8,10,16H,4-6,9,11H2,1-3H3,(H2,20,21,22);1H. The van der Waals surface area contributed by atoms with Crippen molar-refractivity contribution in [3.63, 3.8) is 0 Å². The third-order valence-corrected chi connectivity index (χ3v) is 3.31. The van der Waals surface area contributed by atoms with Gasteiger partial charge < -0.3 is 24.8 Å². The molecule has 10 heteroatoms. The number of alkyl halides is 2. The normalized spacial score (nSPS) is 10.8. The van der Waals surface area contributed by atoms with Crippen LogP contribution < -0.4 is 20.1 Å². The van der Waals surface area contributed by atoms with Crippen LogP contribution in [0.2, 0.25) is 0 Å². The van der Waals surface area contributed by atoms with E-state index < -0.39 is 6.61 Å². The Morgan fingerprint density at radius 1 is 1.30 bits per heavy atom. The number of hydrogen-bond acceptors (Lipinski definition) is 5. The number of esters is 1. The molecule has 7 nitrogen and oxygen atoms in total. The highest BCUT2D eigenvalue weighted by Crippen LogP contribution is 2.25. The number of carbonyl (C=O) groups excluding carboxylic acids is 1. The Hall–Kier alpha value is -1.85. The summed E-state index contributed by atoms with van der Waals surface area (Å²) in [6, 6.07) is 4.58. The van der Waals surface area contributed by atoms with Gasteiger partial charge in [-0.15, -0.1) is 24.0 Å². The van der Waals surface area contributed by atoms with Gasteiger partial charge in [-0.05, 0) is 31.5 Å². The highest BCUT2D eigenvalue weighted by Gasteiger charge is 2.11. The summed E-state index contributed by atoms with van der Waals surface area (Å²) in [5, 5.41) is 6.04. The minimum absolute atomic E-state index is 0. The summed E-state index contributed by atoms with van der Waals surface area (Å²) in [5.41, 5.74) is 0.499. The minimum Gasteiger partial charge on any atom is -0.497 e. The van der Waals surface area contributed by atoms with Crippen molar-refractivity contribution < 1.29 is 27.8 Å². The second-order valence-corrected chi connectivity index (χ2v) is 5.11. The lowest BCUT2D eigenvalue weighted by Crippen LogP contribution is -2.37. The van der Waals surface area contributed by atoms with E-state index in [4.69, 9.17) is 9.47 Å². The first kappa shape index (κ1) is 25.1. The second-order valence-electron chi connectivity index (χ2n) is 5.11. The lowest BCUT2D eigenvalue weighted by atomic mass is 10.2. The highest BCUT2D eigenvalue weighted by molar-refractivity contribution is 14.0. The average molecular weight is 501 g/mol. The molecule has 154 valence electrons. The van der Waals surface area contributed by atoms with E-state index in [2.05, 4.69) is 20.4 Å². The number of ether oxygens (including phenoxy) is 3. The maximum Gasteiger partial charge on any atom is 0.387 e. The topological polar surface area (TPSA) is 81.2 Å². The van der Waals surface area contributed by atoms with E-state index in [1.807, 2.05) is 0 Å². The molecule has 0 saturated carbocycles. The van der Waals surface area contributed by atoms with E-state index in [1.54, 1.807) is 26.1 Å². The maximum atomic E-state index is 12.5. The Morgan fingerprint density at radius 3 is 2.63 bits per heavy atom. The molecule has 0 aliphatic rings. The predicted molar refractivity (Wildman–Crippen MR) is 109 cm³/mol. The van der Waals surface area contributed by atoms with Crippen molar-refractivity contribution in [1.29, 1.82) is 0 Å². The van der Waals surface area contributed by atoms with E-state index in [1.165, 1.54) is 13.2 Å². The van der Waals surface area contributed by atoms with Crippen molar-refractivity contribution in [2.45, 2.75) is 32.9 Å². The Balaban J connectivity index is 0.00000676. The van der Waals surface area contributed by atoms with E-state index in [-0.39, 0.29) is 42.2 Å². The number of guanidine groups is 1. The molecule has 27 heavy (non-hydrogen) atoms. The fraction of sp³-hybridized carbons (Fsp3) is 0.529. The van der Waals surface area contributed by atoms with Crippen molar-refractivity contribution in [2.24, 2.45) is 4.99 Å². The lowest BCUT2D eigenvalue weighted by molar-refractivity contribution is -0.143. The monoisotopic (exact) mass is 501 g/mol. The van der Waals surface area contributed by atoms with Crippen LogP contribution in [0.1, 0.15) is 25.3 Å². The summed E-state index contributed by atoms with van der Waals surface area (Å²) in [7, 11) is 3.08. The van der Waals surface area contributed by atoms with Crippen molar-refractivity contribution >= 4 is 35.9 Å². The summed E-state index contributed by atoms with van der Waals surface area (Å²) in [6.45, 7) is -0.0817. The Kier molecular flexibility index (Phi) is 13.3. The lowest BCUT2D eigenvalue weighted by Gasteiger charge is -2.15. The summed E-state index contributed by atoms with van der Waals surface area (Å²) < 4.78 is 39.5. The summed E-state index contributed by atoms with van der Waals surface area (Å²) >= 11 is 0. The van der Waals surface area contributed by atoms with Gasteiger partial charge in [0, 0.05) is 32.1 Å². The van der Waals surface area contributed by atoms with Crippen molar-refractivity contribution in [2.75, 3.05) is 27.3 Å². The highest BCUT2D eigenvalue weighted by atomic mass is 127. The molecule has 0 aromatic heterocycles. The van der Waals surface area contributed by atoms with Crippen LogP contribution in [0.4, 0.5) is 8.78 Å². The number of carbonyl (C=O) groups is 1. The molecule has 0 aliphatic heterocycles. The molecule has 0 radical (unpaired) electrons. The first-order valence-corrected chi connectivity index (χ1v) is 8.22. The van der Waals surface area contributed by atoms with Crippen LogP contribution >= 0.6 is 24.0 Å². The van der Waals surface area contributed by atoms with Crippen LogP contribution in [0.3, 0.4) is 0 Å². The summed E-state index contributed by atoms with van der Waals surface area (Å²) in [6.07, 6.45) is 0.887. The predicted octanol–water partition coefficient (Wildman–Crippen LogP) is 2.92. The van der Waals surface area contributed by atoms with E-state index >= 15 is 0 Å². The SMILES string of the molecule is CCOC(=O)CCCNC(=NC)NCc1cc(OC)ccc1OC(F)F.I. The zero-order valence-corrected chi connectivity index (χ0v) is 17.9. The smallest absolute Gasteiger partial charge is 0.387 e. The molecule has 1 aromatic rings. The number of halogens is 3. The van der Waals surface area contributed by atoms with Crippen molar-refractivity contribution in [3.8, 4) is 11.5 Å². The van der Waals surface area contributed by atoms with Crippen LogP contribution in [0, 0.1) is 0 Å². The van der Waals surface area contributed by atoms with Gasteiger partial charge in [-0.3, -0.25) is 9.79 Å². The largest absolute Gasteiger partial charge is 0.497 e. The molecule has 0 atom stereocenters. The molecule has 0 heterocycles. The molecule has 0 amide bonds. The van der Waals surface area contributed by atoms with Gasteiger partial charge in [0.2, 0.25) is 0 Å². The van der Waals surface area contributed by atoms with Crippen LogP contribution in [0.15, 0.2) is 23.2 Å². The third-order valence-electron chi connectivity index (χ3n) is 3.31. The van der Waals surface area contributed by atoms with Gasteiger partial charge in [0.15, 0.2) is 5.96 Å². The molecule has 0 aliphatic carbocycles.